The van der Waals surface area contributed by atoms with Crippen LogP contribution >= 0.6 is 0 Å². The number of rotatable bonds is 0. The van der Waals surface area contributed by atoms with Crippen LogP contribution in [0.25, 0.3) is 0 Å². The van der Waals surface area contributed by atoms with Gasteiger partial charge in [-0.05, 0) is 34.1 Å². The lowest BCUT2D eigenvalue weighted by Crippen LogP contribution is -2.38. The second-order valence-electron chi connectivity index (χ2n) is 5.04. The van der Waals surface area contributed by atoms with Crippen LogP contribution in [0.15, 0.2) is 0 Å². The van der Waals surface area contributed by atoms with Gasteiger partial charge >= 0.3 is 6.09 Å². The quantitative estimate of drug-likeness (QED) is 0.615. The van der Waals surface area contributed by atoms with Crippen molar-refractivity contribution in [2.45, 2.75) is 45.8 Å². The Morgan fingerprint density at radius 2 is 2.13 bits per heavy atom. The zero-order chi connectivity index (χ0) is 11.6. The van der Waals surface area contributed by atoms with Crippen molar-refractivity contribution in [3.8, 4) is 6.07 Å². The van der Waals surface area contributed by atoms with Gasteiger partial charge in [0.05, 0.1) is 12.0 Å². The first-order chi connectivity index (χ1) is 6.83. The summed E-state index contributed by atoms with van der Waals surface area (Å²) >= 11 is 0. The van der Waals surface area contributed by atoms with Gasteiger partial charge in [-0.2, -0.15) is 5.26 Å². The molecule has 1 rings (SSSR count). The van der Waals surface area contributed by atoms with Crippen LogP contribution < -0.4 is 0 Å². The molecule has 0 aromatic heterocycles. The van der Waals surface area contributed by atoms with E-state index in [4.69, 9.17) is 10.00 Å². The molecule has 0 aliphatic carbocycles. The van der Waals surface area contributed by atoms with E-state index in [1.54, 1.807) is 4.90 Å². The van der Waals surface area contributed by atoms with Crippen LogP contribution in [0.4, 0.5) is 4.79 Å². The lowest BCUT2D eigenvalue weighted by Gasteiger charge is -2.26. The molecule has 1 amide bonds. The van der Waals surface area contributed by atoms with E-state index in [9.17, 15) is 4.79 Å². The number of carbonyl (C=O) groups is 1. The maximum Gasteiger partial charge on any atom is 0.410 e. The van der Waals surface area contributed by atoms with Crippen LogP contribution in [0.3, 0.4) is 0 Å². The van der Waals surface area contributed by atoms with Crippen LogP contribution in [0.1, 0.15) is 34.1 Å². The van der Waals surface area contributed by atoms with Crippen molar-refractivity contribution in [3.05, 3.63) is 0 Å². The molecule has 1 saturated heterocycles. The molecule has 1 aliphatic heterocycles. The van der Waals surface area contributed by atoms with E-state index >= 15 is 0 Å². The summed E-state index contributed by atoms with van der Waals surface area (Å²) in [4.78, 5) is 13.4. The first kappa shape index (κ1) is 11.8. The average molecular weight is 210 g/mol. The van der Waals surface area contributed by atoms with E-state index in [1.807, 2.05) is 27.7 Å². The highest BCUT2D eigenvalue weighted by atomic mass is 16.6. The van der Waals surface area contributed by atoms with Gasteiger partial charge in [0.1, 0.15) is 5.60 Å². The summed E-state index contributed by atoms with van der Waals surface area (Å²) in [5.74, 6) is -0.0486. The fourth-order valence-electron chi connectivity index (χ4n) is 1.70. The van der Waals surface area contributed by atoms with Crippen molar-refractivity contribution < 1.29 is 9.53 Å². The fourth-order valence-corrected chi connectivity index (χ4v) is 1.70. The maximum atomic E-state index is 11.7. The van der Waals surface area contributed by atoms with Crippen LogP contribution in [0.5, 0.6) is 0 Å². The molecule has 0 radical (unpaired) electrons. The highest BCUT2D eigenvalue weighted by Gasteiger charge is 2.34. The van der Waals surface area contributed by atoms with Gasteiger partial charge in [0.2, 0.25) is 0 Å². The van der Waals surface area contributed by atoms with Crippen molar-refractivity contribution in [1.29, 1.82) is 5.26 Å². The summed E-state index contributed by atoms with van der Waals surface area (Å²) in [6.07, 6.45) is 0.434. The Morgan fingerprint density at radius 3 is 2.53 bits per heavy atom. The van der Waals surface area contributed by atoms with Crippen molar-refractivity contribution in [2.75, 3.05) is 6.54 Å². The Morgan fingerprint density at radius 1 is 1.53 bits per heavy atom. The topological polar surface area (TPSA) is 53.3 Å². The van der Waals surface area contributed by atoms with Gasteiger partial charge in [-0.3, -0.25) is 0 Å². The Labute approximate surface area is 90.8 Å². The minimum atomic E-state index is -0.471. The molecule has 84 valence electrons. The van der Waals surface area contributed by atoms with Crippen molar-refractivity contribution in [3.63, 3.8) is 0 Å². The average Bonchev–Trinajstić information content (AvgIpc) is 2.43. The standard InChI is InChI=1S/C11H18N2O2/c1-8-5-9(6-12)7-13(8)10(14)15-11(2,3)4/h8-9H,5,7H2,1-4H3/t8-,9-/m1/s1. The van der Waals surface area contributed by atoms with Crippen LogP contribution in [-0.2, 0) is 4.74 Å². The molecule has 0 spiro atoms. The molecule has 4 nitrogen and oxygen atoms in total. The third kappa shape index (κ3) is 3.12. The first-order valence-electron chi connectivity index (χ1n) is 5.22. The molecule has 0 aromatic rings. The van der Waals surface area contributed by atoms with E-state index in [0.717, 1.165) is 6.42 Å². The van der Waals surface area contributed by atoms with Crippen LogP contribution in [0.2, 0.25) is 0 Å². The number of ether oxygens (including phenoxy) is 1. The number of hydrogen-bond acceptors (Lipinski definition) is 3. The van der Waals surface area contributed by atoms with Crippen molar-refractivity contribution in [1.82, 2.24) is 4.90 Å². The normalized spacial score (nSPS) is 26.2. The van der Waals surface area contributed by atoms with E-state index in [-0.39, 0.29) is 18.1 Å². The molecule has 0 N–H and O–H groups in total. The molecule has 1 aliphatic rings. The molecule has 0 saturated carbocycles. The van der Waals surface area contributed by atoms with Gasteiger partial charge in [0.25, 0.3) is 0 Å². The smallest absolute Gasteiger partial charge is 0.410 e. The number of hydrogen-bond donors (Lipinski definition) is 0. The number of nitriles is 1. The SMILES string of the molecule is C[C@@H]1C[C@H](C#N)CN1C(=O)OC(C)(C)C. The number of amides is 1. The summed E-state index contributed by atoms with van der Waals surface area (Å²) < 4.78 is 5.26. The Kier molecular flexibility index (Phi) is 3.23. The second-order valence-corrected chi connectivity index (χ2v) is 5.04. The lowest BCUT2D eigenvalue weighted by molar-refractivity contribution is 0.0236. The Hall–Kier alpha value is -1.24. The third-order valence-electron chi connectivity index (χ3n) is 2.39. The molecular weight excluding hydrogens is 192 g/mol. The minimum absolute atomic E-state index is 0.0486. The van der Waals surface area contributed by atoms with Gasteiger partial charge in [0, 0.05) is 12.6 Å². The number of carbonyl (C=O) groups excluding carboxylic acids is 1. The summed E-state index contributed by atoms with van der Waals surface area (Å²) in [6, 6.07) is 2.29. The Bertz CT molecular complexity index is 288. The second kappa shape index (κ2) is 4.09. The molecule has 0 aromatic carbocycles. The molecular formula is C11H18N2O2. The summed E-state index contributed by atoms with van der Waals surface area (Å²) in [5, 5.41) is 8.79. The molecule has 15 heavy (non-hydrogen) atoms. The number of likely N-dealkylation sites (tertiary alicyclic amines) is 1. The van der Waals surface area contributed by atoms with Gasteiger partial charge < -0.3 is 9.64 Å². The van der Waals surface area contributed by atoms with E-state index in [0.29, 0.717) is 6.54 Å². The first-order valence-corrected chi connectivity index (χ1v) is 5.22. The molecule has 1 fully saturated rings. The molecule has 0 unspecified atom stereocenters. The zero-order valence-corrected chi connectivity index (χ0v) is 9.78. The monoisotopic (exact) mass is 210 g/mol. The van der Waals surface area contributed by atoms with Gasteiger partial charge in [-0.25, -0.2) is 4.79 Å². The highest BCUT2D eigenvalue weighted by Crippen LogP contribution is 2.24. The summed E-state index contributed by atoms with van der Waals surface area (Å²) in [7, 11) is 0. The van der Waals surface area contributed by atoms with E-state index in [1.165, 1.54) is 0 Å². The molecule has 2 atom stereocenters. The van der Waals surface area contributed by atoms with Crippen molar-refractivity contribution in [2.24, 2.45) is 5.92 Å². The van der Waals surface area contributed by atoms with Crippen molar-refractivity contribution >= 4 is 6.09 Å². The van der Waals surface area contributed by atoms with Crippen LogP contribution in [-0.4, -0.2) is 29.2 Å². The van der Waals surface area contributed by atoms with E-state index < -0.39 is 5.60 Å². The Balaban J connectivity index is 2.59. The third-order valence-corrected chi connectivity index (χ3v) is 2.39. The summed E-state index contributed by atoms with van der Waals surface area (Å²) in [5.41, 5.74) is -0.471. The summed E-state index contributed by atoms with van der Waals surface area (Å²) in [6.45, 7) is 7.96. The maximum absolute atomic E-state index is 11.7. The van der Waals surface area contributed by atoms with Gasteiger partial charge in [-0.15, -0.1) is 0 Å². The number of nitrogens with zero attached hydrogens (tertiary/aromatic N) is 2. The predicted molar refractivity (Wildman–Crippen MR) is 56.1 cm³/mol. The fraction of sp³-hybridized carbons (Fsp3) is 0.818. The molecule has 1 heterocycles. The molecule has 0 bridgehead atoms. The predicted octanol–water partition coefficient (Wildman–Crippen LogP) is 2.16. The molecule has 4 heteroatoms. The minimum Gasteiger partial charge on any atom is -0.444 e. The van der Waals surface area contributed by atoms with E-state index in [2.05, 4.69) is 6.07 Å². The van der Waals surface area contributed by atoms with Gasteiger partial charge in [-0.1, -0.05) is 0 Å². The van der Waals surface area contributed by atoms with Gasteiger partial charge in [0.15, 0.2) is 0 Å². The largest absolute Gasteiger partial charge is 0.444 e. The van der Waals surface area contributed by atoms with Crippen LogP contribution in [0, 0.1) is 17.2 Å². The highest BCUT2D eigenvalue weighted by molar-refractivity contribution is 5.69. The zero-order valence-electron chi connectivity index (χ0n) is 9.78. The lowest BCUT2D eigenvalue weighted by atomic mass is 10.1.